The predicted molar refractivity (Wildman–Crippen MR) is 105 cm³/mol. The average molecular weight is 397 g/mol. The second-order valence-electron chi connectivity index (χ2n) is 6.71. The van der Waals surface area contributed by atoms with Crippen LogP contribution in [0.25, 0.3) is 11.4 Å². The maximum atomic E-state index is 12.6. The first-order valence-electron chi connectivity index (χ1n) is 9.40. The van der Waals surface area contributed by atoms with Crippen LogP contribution in [0.2, 0.25) is 0 Å². The minimum atomic E-state index is -0.203. The lowest BCUT2D eigenvalue weighted by molar-refractivity contribution is 0.0123. The maximum absolute atomic E-state index is 12.6. The summed E-state index contributed by atoms with van der Waals surface area (Å²) in [6.07, 6.45) is 1.72. The Bertz CT molecular complexity index is 977. The summed E-state index contributed by atoms with van der Waals surface area (Å²) in [5.74, 6) is 1.09. The van der Waals surface area contributed by atoms with Crippen molar-refractivity contribution in [1.82, 2.24) is 30.4 Å². The topological polar surface area (TPSA) is 110 Å². The number of amides is 1. The summed E-state index contributed by atoms with van der Waals surface area (Å²) in [6.45, 7) is 4.85. The lowest BCUT2D eigenvalue weighted by atomic mass is 10.1. The Kier molecular flexibility index (Phi) is 5.54. The minimum absolute atomic E-state index is 0.203. The molecule has 0 saturated carbocycles. The SMILES string of the molecule is Cc1onc(-c2ccccn2)c1CNc1cc(C(=O)NN2CCOCC2)n(C)n1. The second-order valence-corrected chi connectivity index (χ2v) is 6.71. The van der Waals surface area contributed by atoms with E-state index in [-0.39, 0.29) is 5.91 Å². The Hall–Kier alpha value is -3.24. The number of ether oxygens (including phenoxy) is 1. The van der Waals surface area contributed by atoms with Crippen molar-refractivity contribution in [3.63, 3.8) is 0 Å². The quantitative estimate of drug-likeness (QED) is 0.642. The highest BCUT2D eigenvalue weighted by Crippen LogP contribution is 2.24. The molecule has 0 spiro atoms. The molecule has 10 heteroatoms. The summed E-state index contributed by atoms with van der Waals surface area (Å²) in [5, 5.41) is 13.6. The van der Waals surface area contributed by atoms with E-state index in [1.54, 1.807) is 24.0 Å². The van der Waals surface area contributed by atoms with Gasteiger partial charge in [0.05, 0.1) is 18.9 Å². The molecular formula is C19H23N7O3. The first kappa shape index (κ1) is 19.1. The van der Waals surface area contributed by atoms with Gasteiger partial charge in [-0.25, -0.2) is 5.01 Å². The van der Waals surface area contributed by atoms with Crippen LogP contribution >= 0.6 is 0 Å². The van der Waals surface area contributed by atoms with E-state index in [0.29, 0.717) is 55.8 Å². The van der Waals surface area contributed by atoms with Crippen LogP contribution in [0.1, 0.15) is 21.8 Å². The Morgan fingerprint density at radius 3 is 2.86 bits per heavy atom. The van der Waals surface area contributed by atoms with Crippen molar-refractivity contribution >= 4 is 11.7 Å². The molecule has 1 amide bonds. The highest BCUT2D eigenvalue weighted by molar-refractivity contribution is 5.93. The zero-order chi connectivity index (χ0) is 20.2. The number of hydrogen-bond acceptors (Lipinski definition) is 8. The Morgan fingerprint density at radius 1 is 1.28 bits per heavy atom. The predicted octanol–water partition coefficient (Wildman–Crippen LogP) is 1.37. The van der Waals surface area contributed by atoms with E-state index in [1.807, 2.05) is 30.1 Å². The van der Waals surface area contributed by atoms with E-state index < -0.39 is 0 Å². The largest absolute Gasteiger partial charge is 0.379 e. The first-order valence-corrected chi connectivity index (χ1v) is 9.40. The van der Waals surface area contributed by atoms with Crippen molar-refractivity contribution in [3.05, 3.63) is 47.5 Å². The van der Waals surface area contributed by atoms with Crippen LogP contribution < -0.4 is 10.7 Å². The molecule has 1 aliphatic heterocycles. The van der Waals surface area contributed by atoms with Gasteiger partial charge < -0.3 is 14.6 Å². The molecule has 29 heavy (non-hydrogen) atoms. The fourth-order valence-electron chi connectivity index (χ4n) is 3.12. The van der Waals surface area contributed by atoms with Crippen LogP contribution in [0.4, 0.5) is 5.82 Å². The third-order valence-electron chi connectivity index (χ3n) is 4.72. The summed E-state index contributed by atoms with van der Waals surface area (Å²) >= 11 is 0. The van der Waals surface area contributed by atoms with Crippen LogP contribution in [-0.2, 0) is 18.3 Å². The molecule has 0 unspecified atom stereocenters. The molecule has 1 aliphatic rings. The molecule has 4 rings (SSSR count). The van der Waals surface area contributed by atoms with E-state index in [2.05, 4.69) is 26.0 Å². The summed E-state index contributed by atoms with van der Waals surface area (Å²) in [6, 6.07) is 7.36. The number of nitrogens with one attached hydrogen (secondary N) is 2. The van der Waals surface area contributed by atoms with Gasteiger partial charge in [-0.15, -0.1) is 0 Å². The van der Waals surface area contributed by atoms with Crippen LogP contribution in [0.5, 0.6) is 0 Å². The summed E-state index contributed by atoms with van der Waals surface area (Å²) in [5.41, 5.74) is 5.69. The molecule has 0 atom stereocenters. The third kappa shape index (κ3) is 4.28. The number of pyridine rings is 1. The average Bonchev–Trinajstić information content (AvgIpc) is 3.30. The smallest absolute Gasteiger partial charge is 0.283 e. The highest BCUT2D eigenvalue weighted by atomic mass is 16.5. The summed E-state index contributed by atoms with van der Waals surface area (Å²) < 4.78 is 12.2. The van der Waals surface area contributed by atoms with Gasteiger partial charge in [0.1, 0.15) is 23.0 Å². The van der Waals surface area contributed by atoms with Crippen LogP contribution in [0.15, 0.2) is 35.0 Å². The molecule has 3 aromatic heterocycles. The van der Waals surface area contributed by atoms with Crippen LogP contribution in [0.3, 0.4) is 0 Å². The van der Waals surface area contributed by atoms with E-state index in [0.717, 1.165) is 11.3 Å². The minimum Gasteiger partial charge on any atom is -0.379 e. The fourth-order valence-corrected chi connectivity index (χ4v) is 3.12. The van der Waals surface area contributed by atoms with E-state index in [4.69, 9.17) is 9.26 Å². The van der Waals surface area contributed by atoms with Crippen molar-refractivity contribution in [2.45, 2.75) is 13.5 Å². The summed E-state index contributed by atoms with van der Waals surface area (Å²) in [4.78, 5) is 16.9. The normalized spacial score (nSPS) is 14.7. The molecule has 2 N–H and O–H groups in total. The fraction of sp³-hybridized carbons (Fsp3) is 0.368. The van der Waals surface area contributed by atoms with Gasteiger partial charge in [-0.3, -0.25) is 19.9 Å². The number of carbonyl (C=O) groups is 1. The molecule has 4 heterocycles. The van der Waals surface area contributed by atoms with Crippen molar-refractivity contribution in [2.75, 3.05) is 31.6 Å². The molecule has 10 nitrogen and oxygen atoms in total. The van der Waals surface area contributed by atoms with Crippen molar-refractivity contribution < 1.29 is 14.1 Å². The van der Waals surface area contributed by atoms with E-state index in [9.17, 15) is 4.79 Å². The molecule has 1 saturated heterocycles. The molecule has 3 aromatic rings. The maximum Gasteiger partial charge on any atom is 0.283 e. The van der Waals surface area contributed by atoms with Gasteiger partial charge in [0.2, 0.25) is 0 Å². The lowest BCUT2D eigenvalue weighted by Crippen LogP contribution is -2.48. The molecule has 152 valence electrons. The molecule has 0 aromatic carbocycles. The number of nitrogens with zero attached hydrogens (tertiary/aromatic N) is 5. The van der Waals surface area contributed by atoms with Gasteiger partial charge in [-0.2, -0.15) is 5.10 Å². The number of anilines is 1. The van der Waals surface area contributed by atoms with Crippen molar-refractivity contribution in [3.8, 4) is 11.4 Å². The Morgan fingerprint density at radius 2 is 2.10 bits per heavy atom. The van der Waals surface area contributed by atoms with Crippen LogP contribution in [-0.4, -0.2) is 57.1 Å². The van der Waals surface area contributed by atoms with E-state index in [1.165, 1.54) is 0 Å². The third-order valence-corrected chi connectivity index (χ3v) is 4.72. The van der Waals surface area contributed by atoms with Gasteiger partial charge in [-0.05, 0) is 19.1 Å². The molecule has 1 fully saturated rings. The standard InChI is InChI=1S/C19H23N7O3/c1-13-14(18(24-29-13)15-5-3-4-6-20-15)12-21-17-11-16(25(2)22-17)19(27)23-26-7-9-28-10-8-26/h3-6,11H,7-10,12H2,1-2H3,(H,21,22)(H,23,27). The zero-order valence-corrected chi connectivity index (χ0v) is 16.4. The number of hydrazine groups is 1. The highest BCUT2D eigenvalue weighted by Gasteiger charge is 2.19. The summed E-state index contributed by atoms with van der Waals surface area (Å²) in [7, 11) is 1.74. The van der Waals surface area contributed by atoms with Crippen molar-refractivity contribution in [2.24, 2.45) is 7.05 Å². The number of aromatic nitrogens is 4. The number of hydrogen-bond donors (Lipinski definition) is 2. The second kappa shape index (κ2) is 8.41. The van der Waals surface area contributed by atoms with E-state index >= 15 is 0 Å². The van der Waals surface area contributed by atoms with Gasteiger partial charge in [0.25, 0.3) is 5.91 Å². The Labute approximate surface area is 167 Å². The number of aryl methyl sites for hydroxylation is 2. The Balaban J connectivity index is 1.44. The first-order chi connectivity index (χ1) is 14.1. The van der Waals surface area contributed by atoms with Gasteiger partial charge in [0.15, 0.2) is 0 Å². The molecular weight excluding hydrogens is 374 g/mol. The molecule has 0 aliphatic carbocycles. The lowest BCUT2D eigenvalue weighted by Gasteiger charge is -2.26. The van der Waals surface area contributed by atoms with Gasteiger partial charge >= 0.3 is 0 Å². The number of carbonyl (C=O) groups excluding carboxylic acids is 1. The number of rotatable bonds is 6. The molecule has 0 bridgehead atoms. The van der Waals surface area contributed by atoms with Gasteiger partial charge in [-0.1, -0.05) is 11.2 Å². The molecule has 0 radical (unpaired) electrons. The van der Waals surface area contributed by atoms with Gasteiger partial charge in [0, 0.05) is 44.5 Å². The number of morpholine rings is 1. The monoisotopic (exact) mass is 397 g/mol. The van der Waals surface area contributed by atoms with Crippen LogP contribution in [0, 0.1) is 6.92 Å². The zero-order valence-electron chi connectivity index (χ0n) is 16.4. The van der Waals surface area contributed by atoms with Crippen molar-refractivity contribution in [1.29, 1.82) is 0 Å².